The fourth-order valence-corrected chi connectivity index (χ4v) is 1.13. The summed E-state index contributed by atoms with van der Waals surface area (Å²) in [6, 6.07) is 7.12. The molecule has 0 spiro atoms. The Labute approximate surface area is 83.3 Å². The first-order valence-corrected chi connectivity index (χ1v) is 4.55. The summed E-state index contributed by atoms with van der Waals surface area (Å²) in [7, 11) is 0. The molecule has 0 amide bonds. The molecule has 0 aromatic heterocycles. The van der Waals surface area contributed by atoms with Crippen molar-refractivity contribution in [3.63, 3.8) is 0 Å². The molecular formula is C11H14O3. The Morgan fingerprint density at radius 1 is 1.36 bits per heavy atom. The zero-order chi connectivity index (χ0) is 10.6. The molecule has 1 rings (SSSR count). The molecule has 14 heavy (non-hydrogen) atoms. The number of benzene rings is 1. The van der Waals surface area contributed by atoms with Crippen molar-refractivity contribution >= 4 is 5.97 Å². The van der Waals surface area contributed by atoms with Crippen LogP contribution in [0.15, 0.2) is 24.3 Å². The fourth-order valence-electron chi connectivity index (χ4n) is 1.13. The summed E-state index contributed by atoms with van der Waals surface area (Å²) in [6.45, 7) is 3.90. The van der Waals surface area contributed by atoms with Gasteiger partial charge in [-0.15, -0.1) is 0 Å². The third-order valence-corrected chi connectivity index (χ3v) is 1.65. The van der Waals surface area contributed by atoms with Crippen LogP contribution in [-0.2, 0) is 11.2 Å². The fraction of sp³-hybridized carbons (Fsp3) is 0.364. The van der Waals surface area contributed by atoms with E-state index in [0.29, 0.717) is 0 Å². The summed E-state index contributed by atoms with van der Waals surface area (Å²) in [6.07, 6.45) is 0.197. The van der Waals surface area contributed by atoms with Gasteiger partial charge in [-0.2, -0.15) is 0 Å². The molecule has 3 heteroatoms. The van der Waals surface area contributed by atoms with Gasteiger partial charge in [0.1, 0.15) is 5.75 Å². The molecule has 1 aromatic carbocycles. The molecule has 76 valence electrons. The van der Waals surface area contributed by atoms with Crippen molar-refractivity contribution < 1.29 is 14.6 Å². The van der Waals surface area contributed by atoms with Gasteiger partial charge in [-0.1, -0.05) is 12.1 Å². The normalized spacial score (nSPS) is 10.2. The van der Waals surface area contributed by atoms with E-state index in [-0.39, 0.29) is 12.5 Å². The van der Waals surface area contributed by atoms with Crippen LogP contribution in [-0.4, -0.2) is 17.2 Å². The predicted octanol–water partition coefficient (Wildman–Crippen LogP) is 2.10. The van der Waals surface area contributed by atoms with Gasteiger partial charge in [-0.25, -0.2) is 0 Å². The van der Waals surface area contributed by atoms with E-state index in [9.17, 15) is 4.79 Å². The quantitative estimate of drug-likeness (QED) is 0.798. The van der Waals surface area contributed by atoms with E-state index in [1.165, 1.54) is 0 Å². The molecule has 1 N–H and O–H groups in total. The highest BCUT2D eigenvalue weighted by atomic mass is 16.5. The Morgan fingerprint density at radius 2 is 1.93 bits per heavy atom. The van der Waals surface area contributed by atoms with Crippen molar-refractivity contribution in [3.8, 4) is 5.75 Å². The number of carbonyl (C=O) groups is 1. The van der Waals surface area contributed by atoms with Gasteiger partial charge in [-0.3, -0.25) is 4.79 Å². The number of hydrogen-bond acceptors (Lipinski definition) is 2. The van der Waals surface area contributed by atoms with Gasteiger partial charge in [0.05, 0.1) is 12.5 Å². The summed E-state index contributed by atoms with van der Waals surface area (Å²) in [5.74, 6) is -0.0448. The van der Waals surface area contributed by atoms with Crippen molar-refractivity contribution in [3.05, 3.63) is 29.8 Å². The van der Waals surface area contributed by atoms with Crippen LogP contribution in [0.25, 0.3) is 0 Å². The van der Waals surface area contributed by atoms with Crippen molar-refractivity contribution in [1.29, 1.82) is 0 Å². The Hall–Kier alpha value is -1.51. The van der Waals surface area contributed by atoms with Gasteiger partial charge in [0.2, 0.25) is 0 Å². The third kappa shape index (κ3) is 3.47. The lowest BCUT2D eigenvalue weighted by atomic mass is 10.1. The molecule has 0 fully saturated rings. The largest absolute Gasteiger partial charge is 0.491 e. The minimum atomic E-state index is -0.817. The van der Waals surface area contributed by atoms with E-state index in [1.807, 2.05) is 13.8 Å². The minimum Gasteiger partial charge on any atom is -0.491 e. The highest BCUT2D eigenvalue weighted by Gasteiger charge is 2.01. The highest BCUT2D eigenvalue weighted by Crippen LogP contribution is 2.13. The van der Waals surface area contributed by atoms with Crippen molar-refractivity contribution in [1.82, 2.24) is 0 Å². The molecule has 1 aromatic rings. The summed E-state index contributed by atoms with van der Waals surface area (Å²) in [4.78, 5) is 10.4. The molecule has 0 bridgehead atoms. The number of carboxylic acid groups (broad SMARTS) is 1. The summed E-state index contributed by atoms with van der Waals surface area (Å²) in [5.41, 5.74) is 0.786. The average molecular weight is 194 g/mol. The highest BCUT2D eigenvalue weighted by molar-refractivity contribution is 5.70. The van der Waals surface area contributed by atoms with Gasteiger partial charge in [-0.05, 0) is 31.5 Å². The van der Waals surface area contributed by atoms with Gasteiger partial charge in [0.25, 0.3) is 0 Å². The molecule has 0 aliphatic carbocycles. The van der Waals surface area contributed by atoms with E-state index in [4.69, 9.17) is 9.84 Å². The van der Waals surface area contributed by atoms with Crippen LogP contribution in [0.3, 0.4) is 0 Å². The monoisotopic (exact) mass is 194 g/mol. The second kappa shape index (κ2) is 4.65. The minimum absolute atomic E-state index is 0.0575. The van der Waals surface area contributed by atoms with Gasteiger partial charge >= 0.3 is 5.97 Å². The Morgan fingerprint density at radius 3 is 2.36 bits per heavy atom. The Balaban J connectivity index is 2.63. The van der Waals surface area contributed by atoms with E-state index in [2.05, 4.69) is 0 Å². The summed E-state index contributed by atoms with van der Waals surface area (Å²) < 4.78 is 5.43. The lowest BCUT2D eigenvalue weighted by Gasteiger charge is -2.09. The van der Waals surface area contributed by atoms with Crippen LogP contribution in [0, 0.1) is 0 Å². The lowest BCUT2D eigenvalue weighted by molar-refractivity contribution is -0.136. The summed E-state index contributed by atoms with van der Waals surface area (Å²) >= 11 is 0. The SMILES string of the molecule is CC(C)Oc1ccc(CC(=O)O)cc1. The first-order valence-electron chi connectivity index (χ1n) is 4.55. The third-order valence-electron chi connectivity index (χ3n) is 1.65. The maximum absolute atomic E-state index is 10.4. The molecule has 0 unspecified atom stereocenters. The van der Waals surface area contributed by atoms with Crippen molar-refractivity contribution in [2.75, 3.05) is 0 Å². The second-order valence-electron chi connectivity index (χ2n) is 3.38. The molecule has 0 radical (unpaired) electrons. The number of rotatable bonds is 4. The van der Waals surface area contributed by atoms with Crippen LogP contribution in [0.5, 0.6) is 5.75 Å². The summed E-state index contributed by atoms with van der Waals surface area (Å²) in [5, 5.41) is 8.55. The van der Waals surface area contributed by atoms with Crippen LogP contribution >= 0.6 is 0 Å². The molecular weight excluding hydrogens is 180 g/mol. The zero-order valence-corrected chi connectivity index (χ0v) is 8.36. The van der Waals surface area contributed by atoms with Crippen LogP contribution < -0.4 is 4.74 Å². The topological polar surface area (TPSA) is 46.5 Å². The van der Waals surface area contributed by atoms with E-state index < -0.39 is 5.97 Å². The second-order valence-corrected chi connectivity index (χ2v) is 3.38. The first kappa shape index (κ1) is 10.6. The standard InChI is InChI=1S/C11H14O3/c1-8(2)14-10-5-3-9(4-6-10)7-11(12)13/h3-6,8H,7H2,1-2H3,(H,12,13). The Bertz CT molecular complexity index is 301. The molecule has 0 aliphatic heterocycles. The number of ether oxygens (including phenoxy) is 1. The number of hydrogen-bond donors (Lipinski definition) is 1. The molecule has 0 saturated heterocycles. The number of carboxylic acids is 1. The van der Waals surface area contributed by atoms with Crippen molar-refractivity contribution in [2.24, 2.45) is 0 Å². The van der Waals surface area contributed by atoms with Gasteiger partial charge in [0, 0.05) is 0 Å². The van der Waals surface area contributed by atoms with E-state index >= 15 is 0 Å². The predicted molar refractivity (Wildman–Crippen MR) is 53.5 cm³/mol. The van der Waals surface area contributed by atoms with Crippen LogP contribution in [0.2, 0.25) is 0 Å². The van der Waals surface area contributed by atoms with E-state index in [0.717, 1.165) is 11.3 Å². The maximum Gasteiger partial charge on any atom is 0.307 e. The smallest absolute Gasteiger partial charge is 0.307 e. The van der Waals surface area contributed by atoms with Crippen LogP contribution in [0.1, 0.15) is 19.4 Å². The number of aliphatic carboxylic acids is 1. The average Bonchev–Trinajstić information content (AvgIpc) is 2.06. The zero-order valence-electron chi connectivity index (χ0n) is 8.36. The molecule has 0 heterocycles. The molecule has 0 atom stereocenters. The molecule has 3 nitrogen and oxygen atoms in total. The lowest BCUT2D eigenvalue weighted by Crippen LogP contribution is -2.05. The van der Waals surface area contributed by atoms with E-state index in [1.54, 1.807) is 24.3 Å². The maximum atomic E-state index is 10.4. The molecule has 0 aliphatic rings. The molecule has 0 saturated carbocycles. The van der Waals surface area contributed by atoms with Gasteiger partial charge < -0.3 is 9.84 Å². The van der Waals surface area contributed by atoms with Gasteiger partial charge in [0.15, 0.2) is 0 Å². The first-order chi connectivity index (χ1) is 6.58. The van der Waals surface area contributed by atoms with Crippen molar-refractivity contribution in [2.45, 2.75) is 26.4 Å². The van der Waals surface area contributed by atoms with Crippen LogP contribution in [0.4, 0.5) is 0 Å². The Kier molecular flexibility index (Phi) is 3.51.